The van der Waals surface area contributed by atoms with Crippen molar-refractivity contribution in [2.24, 2.45) is 11.8 Å². The lowest BCUT2D eigenvalue weighted by molar-refractivity contribution is 0.323. The predicted molar refractivity (Wildman–Crippen MR) is 76.8 cm³/mol. The van der Waals surface area contributed by atoms with Crippen LogP contribution in [-0.2, 0) is 6.54 Å². The minimum atomic E-state index is 0.769. The summed E-state index contributed by atoms with van der Waals surface area (Å²) in [5.74, 6) is 1.61. The molecule has 0 aromatic carbocycles. The highest BCUT2D eigenvalue weighted by Gasteiger charge is 2.24. The molecule has 18 heavy (non-hydrogen) atoms. The summed E-state index contributed by atoms with van der Waals surface area (Å²) in [5.41, 5.74) is 2.69. The summed E-state index contributed by atoms with van der Waals surface area (Å²) >= 11 is 0. The van der Waals surface area contributed by atoms with Gasteiger partial charge in [0.15, 0.2) is 0 Å². The molecule has 2 unspecified atom stereocenters. The summed E-state index contributed by atoms with van der Waals surface area (Å²) in [5, 5.41) is 3.41. The van der Waals surface area contributed by atoms with Crippen molar-refractivity contribution in [2.75, 3.05) is 24.5 Å². The Hall–Kier alpha value is -1.09. The van der Waals surface area contributed by atoms with Gasteiger partial charge < -0.3 is 10.2 Å². The molecule has 3 nitrogen and oxygen atoms in total. The van der Waals surface area contributed by atoms with E-state index in [9.17, 15) is 0 Å². The van der Waals surface area contributed by atoms with Crippen LogP contribution in [0.15, 0.2) is 18.5 Å². The van der Waals surface area contributed by atoms with Gasteiger partial charge in [-0.1, -0.05) is 20.8 Å². The Balaban J connectivity index is 2.12. The van der Waals surface area contributed by atoms with E-state index in [2.05, 4.69) is 42.0 Å². The van der Waals surface area contributed by atoms with E-state index in [1.54, 1.807) is 0 Å². The van der Waals surface area contributed by atoms with E-state index >= 15 is 0 Å². The number of piperidine rings is 1. The molecule has 1 aromatic rings. The predicted octanol–water partition coefficient (Wildman–Crippen LogP) is 2.67. The van der Waals surface area contributed by atoms with Gasteiger partial charge in [0, 0.05) is 25.8 Å². The number of pyridine rings is 1. The number of hydrogen-bond acceptors (Lipinski definition) is 3. The van der Waals surface area contributed by atoms with Crippen LogP contribution >= 0.6 is 0 Å². The third kappa shape index (κ3) is 3.02. The monoisotopic (exact) mass is 247 g/mol. The van der Waals surface area contributed by atoms with Crippen LogP contribution in [0.1, 0.15) is 32.8 Å². The Labute approximate surface area is 111 Å². The number of nitrogens with one attached hydrogen (secondary N) is 1. The maximum absolute atomic E-state index is 4.30. The molecular formula is C15H25N3. The number of nitrogens with zero attached hydrogens (tertiary/aromatic N) is 2. The minimum absolute atomic E-state index is 0.769. The molecule has 100 valence electrons. The van der Waals surface area contributed by atoms with Crippen LogP contribution in [0.2, 0.25) is 0 Å². The first kappa shape index (κ1) is 13.3. The number of anilines is 1. The van der Waals surface area contributed by atoms with Crippen LogP contribution in [0.25, 0.3) is 0 Å². The summed E-state index contributed by atoms with van der Waals surface area (Å²) < 4.78 is 0. The van der Waals surface area contributed by atoms with Gasteiger partial charge in [-0.05, 0) is 36.4 Å². The highest BCUT2D eigenvalue weighted by Crippen LogP contribution is 2.28. The van der Waals surface area contributed by atoms with Gasteiger partial charge in [-0.25, -0.2) is 0 Å². The van der Waals surface area contributed by atoms with Crippen molar-refractivity contribution in [3.8, 4) is 0 Å². The molecule has 0 amide bonds. The lowest BCUT2D eigenvalue weighted by atomic mass is 9.88. The zero-order valence-electron chi connectivity index (χ0n) is 11.8. The average molecular weight is 247 g/mol. The van der Waals surface area contributed by atoms with Gasteiger partial charge in [0.05, 0.1) is 11.9 Å². The van der Waals surface area contributed by atoms with Crippen molar-refractivity contribution in [1.29, 1.82) is 0 Å². The molecule has 1 aliphatic rings. The van der Waals surface area contributed by atoms with Crippen LogP contribution in [0.4, 0.5) is 5.69 Å². The fourth-order valence-corrected chi connectivity index (χ4v) is 2.59. The smallest absolute Gasteiger partial charge is 0.0598 e. The summed E-state index contributed by atoms with van der Waals surface area (Å²) in [4.78, 5) is 6.81. The molecule has 2 heterocycles. The van der Waals surface area contributed by atoms with E-state index in [0.717, 1.165) is 38.0 Å². The Morgan fingerprint density at radius 1 is 1.39 bits per heavy atom. The number of rotatable bonds is 4. The Morgan fingerprint density at radius 3 is 2.94 bits per heavy atom. The van der Waals surface area contributed by atoms with Crippen molar-refractivity contribution in [3.05, 3.63) is 24.0 Å². The second-order valence-corrected chi connectivity index (χ2v) is 5.47. The quantitative estimate of drug-likeness (QED) is 0.886. The van der Waals surface area contributed by atoms with Gasteiger partial charge in [-0.3, -0.25) is 4.98 Å². The van der Waals surface area contributed by atoms with Gasteiger partial charge >= 0.3 is 0 Å². The van der Waals surface area contributed by atoms with Crippen molar-refractivity contribution in [3.63, 3.8) is 0 Å². The van der Waals surface area contributed by atoms with Crippen LogP contribution in [0, 0.1) is 11.8 Å². The Morgan fingerprint density at radius 2 is 2.22 bits per heavy atom. The fourth-order valence-electron chi connectivity index (χ4n) is 2.59. The van der Waals surface area contributed by atoms with E-state index in [0.29, 0.717) is 0 Å². The molecule has 1 saturated heterocycles. The maximum Gasteiger partial charge on any atom is 0.0598 e. The molecule has 1 N–H and O–H groups in total. The van der Waals surface area contributed by atoms with Crippen LogP contribution in [0.5, 0.6) is 0 Å². The van der Waals surface area contributed by atoms with Gasteiger partial charge in [0.2, 0.25) is 0 Å². The molecule has 3 heteroatoms. The van der Waals surface area contributed by atoms with Gasteiger partial charge in [0.1, 0.15) is 0 Å². The lowest BCUT2D eigenvalue weighted by Gasteiger charge is -2.37. The largest absolute Gasteiger partial charge is 0.370 e. The molecule has 0 aliphatic carbocycles. The zero-order valence-corrected chi connectivity index (χ0v) is 11.8. The molecule has 1 aromatic heterocycles. The first-order valence-corrected chi connectivity index (χ1v) is 7.11. The van der Waals surface area contributed by atoms with Gasteiger partial charge in [0.25, 0.3) is 0 Å². The number of hydrogen-bond donors (Lipinski definition) is 1. The molecule has 0 bridgehead atoms. The van der Waals surface area contributed by atoms with Crippen LogP contribution in [-0.4, -0.2) is 24.6 Å². The first-order valence-electron chi connectivity index (χ1n) is 7.11. The number of aromatic nitrogens is 1. The highest BCUT2D eigenvalue weighted by atomic mass is 15.1. The van der Waals surface area contributed by atoms with Crippen molar-refractivity contribution >= 4 is 5.69 Å². The standard InChI is InChI=1S/C15H25N3/c1-4-16-9-14-5-7-17-10-15(14)18-8-6-12(2)13(3)11-18/h5,7,10,12-13,16H,4,6,8-9,11H2,1-3H3. The lowest BCUT2D eigenvalue weighted by Crippen LogP contribution is -2.39. The maximum atomic E-state index is 4.30. The topological polar surface area (TPSA) is 28.2 Å². The van der Waals surface area contributed by atoms with E-state index in [-0.39, 0.29) is 0 Å². The molecule has 0 saturated carbocycles. The summed E-state index contributed by atoms with van der Waals surface area (Å²) in [6.07, 6.45) is 5.21. The Bertz CT molecular complexity index is 378. The second kappa shape index (κ2) is 6.19. The van der Waals surface area contributed by atoms with Crippen molar-refractivity contribution in [1.82, 2.24) is 10.3 Å². The molecular weight excluding hydrogens is 222 g/mol. The van der Waals surface area contributed by atoms with Gasteiger partial charge in [-0.2, -0.15) is 0 Å². The average Bonchev–Trinajstić information content (AvgIpc) is 2.40. The van der Waals surface area contributed by atoms with E-state index in [1.165, 1.54) is 17.7 Å². The third-order valence-corrected chi connectivity index (χ3v) is 4.13. The Kier molecular flexibility index (Phi) is 4.59. The molecule has 2 rings (SSSR count). The van der Waals surface area contributed by atoms with E-state index < -0.39 is 0 Å². The fraction of sp³-hybridized carbons (Fsp3) is 0.667. The zero-order chi connectivity index (χ0) is 13.0. The van der Waals surface area contributed by atoms with E-state index in [1.807, 2.05) is 12.4 Å². The van der Waals surface area contributed by atoms with Crippen LogP contribution < -0.4 is 10.2 Å². The normalized spacial score (nSPS) is 24.3. The molecule has 2 atom stereocenters. The highest BCUT2D eigenvalue weighted by molar-refractivity contribution is 5.52. The minimum Gasteiger partial charge on any atom is -0.370 e. The SMILES string of the molecule is CCNCc1ccncc1N1CCC(C)C(C)C1. The van der Waals surface area contributed by atoms with Crippen molar-refractivity contribution in [2.45, 2.75) is 33.7 Å². The van der Waals surface area contributed by atoms with Crippen LogP contribution in [0.3, 0.4) is 0 Å². The third-order valence-electron chi connectivity index (χ3n) is 4.13. The van der Waals surface area contributed by atoms with Crippen molar-refractivity contribution < 1.29 is 0 Å². The summed E-state index contributed by atoms with van der Waals surface area (Å²) in [6, 6.07) is 2.14. The second-order valence-electron chi connectivity index (χ2n) is 5.47. The molecule has 1 aliphatic heterocycles. The van der Waals surface area contributed by atoms with E-state index in [4.69, 9.17) is 0 Å². The molecule has 1 fully saturated rings. The summed E-state index contributed by atoms with van der Waals surface area (Å²) in [7, 11) is 0. The van der Waals surface area contributed by atoms with Gasteiger partial charge in [-0.15, -0.1) is 0 Å². The molecule has 0 spiro atoms. The molecule has 0 radical (unpaired) electrons. The first-order chi connectivity index (χ1) is 8.72. The summed E-state index contributed by atoms with van der Waals surface area (Å²) in [6.45, 7) is 11.1.